The van der Waals surface area contributed by atoms with E-state index in [4.69, 9.17) is 21.1 Å². The van der Waals surface area contributed by atoms with Crippen LogP contribution in [0.25, 0.3) is 11.0 Å². The number of alkyl halides is 3. The highest BCUT2D eigenvalue weighted by Crippen LogP contribution is 2.39. The summed E-state index contributed by atoms with van der Waals surface area (Å²) in [5, 5.41) is 2.92. The lowest BCUT2D eigenvalue weighted by Gasteiger charge is -2.28. The first kappa shape index (κ1) is 26.9. The Labute approximate surface area is 226 Å². The Bertz CT molecular complexity index is 1420. The molecule has 206 valence electrons. The molecule has 0 spiro atoms. The van der Waals surface area contributed by atoms with Crippen molar-refractivity contribution in [2.24, 2.45) is 0 Å². The first-order valence-electron chi connectivity index (χ1n) is 12.4. The monoisotopic (exact) mass is 563 g/mol. The zero-order valence-corrected chi connectivity index (χ0v) is 21.5. The highest BCUT2D eigenvalue weighted by molar-refractivity contribution is 6.36. The molecule has 1 N–H and O–H groups in total. The number of hydrogen-bond acceptors (Lipinski definition) is 6. The summed E-state index contributed by atoms with van der Waals surface area (Å²) in [5.74, 6) is -0.530. The van der Waals surface area contributed by atoms with Crippen molar-refractivity contribution in [2.45, 2.75) is 37.6 Å². The SMILES string of the molecule is C=CC(=O)N1CCCC[C@@H](n2c(NC(=O)c3ccnc(C(F)(F)F)c3)nc3ccc(OC4COC4)c(Cl)c32)C1. The summed E-state index contributed by atoms with van der Waals surface area (Å²) >= 11 is 6.83. The molecular weight excluding hydrogens is 539 g/mol. The van der Waals surface area contributed by atoms with Crippen molar-refractivity contribution >= 4 is 40.4 Å². The van der Waals surface area contributed by atoms with Gasteiger partial charge in [-0.05, 0) is 49.6 Å². The number of nitrogens with one attached hydrogen (secondary N) is 1. The zero-order valence-electron chi connectivity index (χ0n) is 20.7. The molecule has 9 nitrogen and oxygen atoms in total. The molecule has 0 aliphatic carbocycles. The van der Waals surface area contributed by atoms with Gasteiger partial charge in [0.25, 0.3) is 5.91 Å². The van der Waals surface area contributed by atoms with Gasteiger partial charge in [-0.25, -0.2) is 4.98 Å². The highest BCUT2D eigenvalue weighted by Gasteiger charge is 2.33. The normalized spacial score (nSPS) is 18.4. The van der Waals surface area contributed by atoms with E-state index in [1.54, 1.807) is 21.6 Å². The van der Waals surface area contributed by atoms with Crippen LogP contribution in [0.3, 0.4) is 0 Å². The second kappa shape index (κ2) is 10.9. The first-order chi connectivity index (χ1) is 18.7. The topological polar surface area (TPSA) is 98.6 Å². The number of amides is 2. The number of carbonyl (C=O) groups excluding carboxylic acids is 2. The van der Waals surface area contributed by atoms with E-state index in [0.717, 1.165) is 19.0 Å². The lowest BCUT2D eigenvalue weighted by Crippen LogP contribution is -2.38. The summed E-state index contributed by atoms with van der Waals surface area (Å²) in [5.41, 5.74) is -0.492. The molecule has 13 heteroatoms. The Kier molecular flexibility index (Phi) is 7.50. The smallest absolute Gasteiger partial charge is 0.433 e. The molecule has 2 aliphatic rings. The van der Waals surface area contributed by atoms with Crippen LogP contribution in [0.5, 0.6) is 5.75 Å². The Morgan fingerprint density at radius 1 is 1.23 bits per heavy atom. The van der Waals surface area contributed by atoms with Crippen molar-refractivity contribution in [3.05, 3.63) is 59.4 Å². The van der Waals surface area contributed by atoms with E-state index in [2.05, 4.69) is 21.9 Å². The van der Waals surface area contributed by atoms with E-state index in [1.165, 1.54) is 12.1 Å². The fourth-order valence-electron chi connectivity index (χ4n) is 4.69. The van der Waals surface area contributed by atoms with Crippen molar-refractivity contribution in [2.75, 3.05) is 31.6 Å². The van der Waals surface area contributed by atoms with E-state index < -0.39 is 17.8 Å². The lowest BCUT2D eigenvalue weighted by molar-refractivity contribution is -0.141. The van der Waals surface area contributed by atoms with E-state index in [0.29, 0.717) is 55.6 Å². The molecule has 2 aliphatic heterocycles. The predicted octanol–water partition coefficient (Wildman–Crippen LogP) is 4.87. The number of benzene rings is 1. The molecule has 2 fully saturated rings. The number of nitrogens with zero attached hydrogens (tertiary/aromatic N) is 4. The quantitative estimate of drug-likeness (QED) is 0.430. The second-order valence-corrected chi connectivity index (χ2v) is 9.73. The fourth-order valence-corrected chi connectivity index (χ4v) is 4.98. The minimum Gasteiger partial charge on any atom is -0.484 e. The number of hydrogen-bond donors (Lipinski definition) is 1. The van der Waals surface area contributed by atoms with Gasteiger partial charge in [-0.2, -0.15) is 13.2 Å². The number of carbonyl (C=O) groups is 2. The first-order valence-corrected chi connectivity index (χ1v) is 12.7. The third-order valence-corrected chi connectivity index (χ3v) is 7.06. The van der Waals surface area contributed by atoms with Gasteiger partial charge in [0.15, 0.2) is 0 Å². The van der Waals surface area contributed by atoms with Crippen molar-refractivity contribution in [1.82, 2.24) is 19.4 Å². The van der Waals surface area contributed by atoms with Crippen molar-refractivity contribution in [1.29, 1.82) is 0 Å². The van der Waals surface area contributed by atoms with E-state index in [1.807, 2.05) is 0 Å². The van der Waals surface area contributed by atoms with Crippen LogP contribution in [0.2, 0.25) is 5.02 Å². The molecule has 0 radical (unpaired) electrons. The molecule has 2 amide bonds. The molecule has 39 heavy (non-hydrogen) atoms. The number of imidazole rings is 1. The Morgan fingerprint density at radius 3 is 2.72 bits per heavy atom. The van der Waals surface area contributed by atoms with Gasteiger partial charge in [-0.1, -0.05) is 18.2 Å². The second-order valence-electron chi connectivity index (χ2n) is 9.35. The van der Waals surface area contributed by atoms with Crippen molar-refractivity contribution in [3.8, 4) is 5.75 Å². The zero-order chi connectivity index (χ0) is 27.7. The number of halogens is 4. The molecule has 0 saturated carbocycles. The minimum atomic E-state index is -4.71. The number of rotatable bonds is 6. The molecule has 2 aromatic heterocycles. The van der Waals surface area contributed by atoms with Gasteiger partial charge in [0.05, 0.1) is 30.3 Å². The Hall–Kier alpha value is -3.64. The fraction of sp³-hybridized carbons (Fsp3) is 0.385. The van der Waals surface area contributed by atoms with Gasteiger partial charge in [0.2, 0.25) is 11.9 Å². The molecule has 4 heterocycles. The van der Waals surface area contributed by atoms with Crippen LogP contribution in [0.15, 0.2) is 43.1 Å². The average Bonchev–Trinajstić information content (AvgIpc) is 3.07. The molecule has 2 saturated heterocycles. The third kappa shape index (κ3) is 5.57. The summed E-state index contributed by atoms with van der Waals surface area (Å²) in [6, 6.07) is 4.88. The molecule has 1 atom stereocenters. The summed E-state index contributed by atoms with van der Waals surface area (Å²) in [7, 11) is 0. The maximum Gasteiger partial charge on any atom is 0.433 e. The average molecular weight is 564 g/mol. The molecule has 0 unspecified atom stereocenters. The maximum atomic E-state index is 13.2. The standard InChI is InChI=1S/C26H25ClF3N5O4/c1-2-21(36)34-10-4-3-5-16(12-34)35-23-18(6-7-19(22(23)27)39-17-13-38-14-17)32-25(35)33-24(37)15-8-9-31-20(11-15)26(28,29)30/h2,6-9,11,16-17H,1,3-5,10,12-14H2,(H,32,33,37)/t16-/m1/s1. The van der Waals surface area contributed by atoms with E-state index in [9.17, 15) is 22.8 Å². The van der Waals surface area contributed by atoms with Gasteiger partial charge in [0.1, 0.15) is 22.6 Å². The number of ether oxygens (including phenoxy) is 2. The molecule has 3 aromatic rings. The van der Waals surface area contributed by atoms with Crippen molar-refractivity contribution in [3.63, 3.8) is 0 Å². The minimum absolute atomic E-state index is 0.0873. The molecule has 5 rings (SSSR count). The Balaban J connectivity index is 1.57. The largest absolute Gasteiger partial charge is 0.484 e. The Morgan fingerprint density at radius 2 is 2.03 bits per heavy atom. The maximum absolute atomic E-state index is 13.2. The number of fused-ring (bicyclic) bond motifs is 1. The number of aromatic nitrogens is 3. The van der Waals surface area contributed by atoms with Gasteiger partial charge >= 0.3 is 6.18 Å². The summed E-state index contributed by atoms with van der Waals surface area (Å²) in [6.45, 7) is 5.29. The summed E-state index contributed by atoms with van der Waals surface area (Å²) in [4.78, 5) is 35.2. The van der Waals surface area contributed by atoms with Gasteiger partial charge in [-0.3, -0.25) is 19.9 Å². The van der Waals surface area contributed by atoms with Gasteiger partial charge in [0, 0.05) is 24.8 Å². The number of pyridine rings is 1. The van der Waals surface area contributed by atoms with Gasteiger partial charge < -0.3 is 18.9 Å². The number of anilines is 1. The predicted molar refractivity (Wildman–Crippen MR) is 137 cm³/mol. The summed E-state index contributed by atoms with van der Waals surface area (Å²) in [6.07, 6.45) is -0.491. The molecule has 0 bridgehead atoms. The van der Waals surface area contributed by atoms with E-state index in [-0.39, 0.29) is 34.6 Å². The molecular formula is C26H25ClF3N5O4. The highest BCUT2D eigenvalue weighted by atomic mass is 35.5. The van der Waals surface area contributed by atoms with Gasteiger partial charge in [-0.15, -0.1) is 0 Å². The number of likely N-dealkylation sites (tertiary alicyclic amines) is 1. The van der Waals surface area contributed by atoms with E-state index >= 15 is 0 Å². The van der Waals surface area contributed by atoms with Crippen LogP contribution in [-0.2, 0) is 15.7 Å². The van der Waals surface area contributed by atoms with Crippen LogP contribution in [-0.4, -0.2) is 63.7 Å². The molecule has 1 aromatic carbocycles. The van der Waals surface area contributed by atoms with Crippen LogP contribution < -0.4 is 10.1 Å². The van der Waals surface area contributed by atoms with Crippen LogP contribution in [0, 0.1) is 0 Å². The summed E-state index contributed by atoms with van der Waals surface area (Å²) < 4.78 is 52.5. The lowest BCUT2D eigenvalue weighted by atomic mass is 10.1. The van der Waals surface area contributed by atoms with Crippen LogP contribution in [0.1, 0.15) is 41.4 Å². The van der Waals surface area contributed by atoms with Crippen molar-refractivity contribution < 1.29 is 32.2 Å². The van der Waals surface area contributed by atoms with Crippen LogP contribution >= 0.6 is 11.6 Å². The van der Waals surface area contributed by atoms with Crippen LogP contribution in [0.4, 0.5) is 19.1 Å². The third-order valence-electron chi connectivity index (χ3n) is 6.69.